The van der Waals surface area contributed by atoms with Crippen molar-refractivity contribution in [3.63, 3.8) is 0 Å². The predicted molar refractivity (Wildman–Crippen MR) is 99.3 cm³/mol. The van der Waals surface area contributed by atoms with Gasteiger partial charge in [-0.3, -0.25) is 9.69 Å². The molecule has 1 aromatic rings. The second kappa shape index (κ2) is 8.02. The molecule has 4 heteroatoms. The largest absolute Gasteiger partial charge is 0.378 e. The number of rotatable bonds is 6. The number of carbonyl (C=O) groups excluding carboxylic acids is 1. The van der Waals surface area contributed by atoms with Crippen molar-refractivity contribution in [3.05, 3.63) is 29.8 Å². The molecule has 0 bridgehead atoms. The molecule has 4 nitrogen and oxygen atoms in total. The summed E-state index contributed by atoms with van der Waals surface area (Å²) in [5.74, 6) is 0.516. The lowest BCUT2D eigenvalue weighted by Gasteiger charge is -2.29. The Bertz CT molecular complexity index is 528. The first-order chi connectivity index (χ1) is 11.6. The molecule has 3 rings (SSSR count). The van der Waals surface area contributed by atoms with E-state index in [9.17, 15) is 4.79 Å². The van der Waals surface area contributed by atoms with Crippen LogP contribution in [0.25, 0.3) is 0 Å². The zero-order valence-electron chi connectivity index (χ0n) is 15.1. The number of carbonyl (C=O) groups is 1. The molecule has 132 valence electrons. The van der Waals surface area contributed by atoms with E-state index in [1.807, 2.05) is 0 Å². The van der Waals surface area contributed by atoms with Gasteiger partial charge in [0.2, 0.25) is 5.91 Å². The van der Waals surface area contributed by atoms with Crippen molar-refractivity contribution < 1.29 is 4.79 Å². The molecule has 1 heterocycles. The maximum atomic E-state index is 12.4. The maximum absolute atomic E-state index is 12.4. The van der Waals surface area contributed by atoms with E-state index in [4.69, 9.17) is 0 Å². The van der Waals surface area contributed by atoms with Crippen LogP contribution in [-0.2, 0) is 4.79 Å². The quantitative estimate of drug-likeness (QED) is 0.870. The van der Waals surface area contributed by atoms with Crippen molar-refractivity contribution >= 4 is 11.6 Å². The molecule has 1 amide bonds. The number of hydrogen-bond donors (Lipinski definition) is 1. The third-order valence-electron chi connectivity index (χ3n) is 5.57. The van der Waals surface area contributed by atoms with Gasteiger partial charge in [-0.2, -0.15) is 0 Å². The Morgan fingerprint density at radius 1 is 1.12 bits per heavy atom. The molecule has 24 heavy (non-hydrogen) atoms. The Labute approximate surface area is 146 Å². The monoisotopic (exact) mass is 329 g/mol. The van der Waals surface area contributed by atoms with Crippen LogP contribution in [0.4, 0.5) is 5.69 Å². The highest BCUT2D eigenvalue weighted by atomic mass is 16.1. The van der Waals surface area contributed by atoms with Crippen LogP contribution in [0.5, 0.6) is 0 Å². The van der Waals surface area contributed by atoms with Crippen LogP contribution in [0.2, 0.25) is 0 Å². The predicted octanol–water partition coefficient (Wildman–Crippen LogP) is 3.20. The Hall–Kier alpha value is -1.55. The molecule has 1 aliphatic carbocycles. The second-order valence-corrected chi connectivity index (χ2v) is 7.47. The van der Waals surface area contributed by atoms with Crippen molar-refractivity contribution in [1.29, 1.82) is 0 Å². The van der Waals surface area contributed by atoms with Gasteiger partial charge in [0.25, 0.3) is 0 Å². The third kappa shape index (κ3) is 4.10. The minimum absolute atomic E-state index is 0.250. The molecule has 1 saturated carbocycles. The number of hydrogen-bond acceptors (Lipinski definition) is 3. The van der Waals surface area contributed by atoms with Gasteiger partial charge in [-0.1, -0.05) is 25.0 Å². The molecular formula is C20H31N3O. The number of amides is 1. The molecule has 1 saturated heterocycles. The molecule has 2 fully saturated rings. The summed E-state index contributed by atoms with van der Waals surface area (Å²) >= 11 is 0. The normalized spacial score (nSPS) is 20.2. The molecule has 1 atom stereocenters. The van der Waals surface area contributed by atoms with E-state index >= 15 is 0 Å². The summed E-state index contributed by atoms with van der Waals surface area (Å²) in [6, 6.07) is 9.10. The molecule has 0 aromatic heterocycles. The Balaban J connectivity index is 1.67. The van der Waals surface area contributed by atoms with Gasteiger partial charge in [-0.05, 0) is 56.5 Å². The number of nitrogens with one attached hydrogen (secondary N) is 1. The van der Waals surface area contributed by atoms with Crippen LogP contribution in [0.1, 0.15) is 50.1 Å². The lowest BCUT2D eigenvalue weighted by atomic mass is 10.0. The maximum Gasteiger partial charge on any atom is 0.223 e. The summed E-state index contributed by atoms with van der Waals surface area (Å²) < 4.78 is 0. The molecular weight excluding hydrogens is 298 g/mol. The summed E-state index contributed by atoms with van der Waals surface area (Å²) in [7, 11) is 4.13. The summed E-state index contributed by atoms with van der Waals surface area (Å²) in [5.41, 5.74) is 2.53. The molecule has 1 N–H and O–H groups in total. The topological polar surface area (TPSA) is 35.6 Å². The molecule has 1 aromatic carbocycles. The second-order valence-electron chi connectivity index (χ2n) is 7.47. The van der Waals surface area contributed by atoms with Crippen LogP contribution in [0.3, 0.4) is 0 Å². The van der Waals surface area contributed by atoms with E-state index in [1.54, 1.807) is 0 Å². The van der Waals surface area contributed by atoms with Crippen LogP contribution in [-0.4, -0.2) is 44.5 Å². The van der Waals surface area contributed by atoms with Crippen LogP contribution in [0, 0.1) is 5.92 Å². The molecule has 0 spiro atoms. The standard InChI is InChI=1S/C20H31N3O/c1-22(2)18-11-9-16(10-12-18)19(23-13-5-6-14-23)15-21-20(24)17-7-3-4-8-17/h9-12,17,19H,3-8,13-15H2,1-2H3,(H,21,24)/t19-/m1/s1. The molecule has 1 aliphatic heterocycles. The van der Waals surface area contributed by atoms with E-state index < -0.39 is 0 Å². The van der Waals surface area contributed by atoms with Gasteiger partial charge in [0, 0.05) is 32.2 Å². The summed E-state index contributed by atoms with van der Waals surface area (Å²) in [4.78, 5) is 17.1. The first-order valence-electron chi connectivity index (χ1n) is 9.44. The van der Waals surface area contributed by atoms with Crippen LogP contribution >= 0.6 is 0 Å². The van der Waals surface area contributed by atoms with Gasteiger partial charge in [-0.15, -0.1) is 0 Å². The Morgan fingerprint density at radius 3 is 2.33 bits per heavy atom. The first kappa shape index (κ1) is 17.3. The lowest BCUT2D eigenvalue weighted by molar-refractivity contribution is -0.125. The smallest absolute Gasteiger partial charge is 0.223 e. The highest BCUT2D eigenvalue weighted by molar-refractivity contribution is 5.78. The fourth-order valence-electron chi connectivity index (χ4n) is 4.04. The minimum Gasteiger partial charge on any atom is -0.378 e. The fourth-order valence-corrected chi connectivity index (χ4v) is 4.04. The number of likely N-dealkylation sites (tertiary alicyclic amines) is 1. The Kier molecular flexibility index (Phi) is 5.77. The molecule has 0 unspecified atom stereocenters. The van der Waals surface area contributed by atoms with E-state index in [2.05, 4.69) is 53.5 Å². The summed E-state index contributed by atoms with van der Waals surface area (Å²) in [5, 5.41) is 3.25. The van der Waals surface area contributed by atoms with Gasteiger partial charge in [0.1, 0.15) is 0 Å². The van der Waals surface area contributed by atoms with E-state index in [0.717, 1.165) is 32.5 Å². The van der Waals surface area contributed by atoms with Gasteiger partial charge < -0.3 is 10.2 Å². The summed E-state index contributed by atoms with van der Waals surface area (Å²) in [6.07, 6.45) is 7.08. The molecule has 2 aliphatic rings. The number of anilines is 1. The SMILES string of the molecule is CN(C)c1ccc([C@@H](CNC(=O)C2CCCC2)N2CCCC2)cc1. The number of nitrogens with zero attached hydrogens (tertiary/aromatic N) is 2. The Morgan fingerprint density at radius 2 is 1.75 bits per heavy atom. The van der Waals surface area contributed by atoms with E-state index in [-0.39, 0.29) is 11.8 Å². The highest BCUT2D eigenvalue weighted by Crippen LogP contribution is 2.28. The zero-order valence-corrected chi connectivity index (χ0v) is 15.1. The van der Waals surface area contributed by atoms with Crippen molar-refractivity contribution in [2.75, 3.05) is 38.6 Å². The average molecular weight is 329 g/mol. The molecule has 0 radical (unpaired) electrons. The van der Waals surface area contributed by atoms with Crippen LogP contribution in [0.15, 0.2) is 24.3 Å². The van der Waals surface area contributed by atoms with Crippen molar-refractivity contribution in [3.8, 4) is 0 Å². The third-order valence-corrected chi connectivity index (χ3v) is 5.57. The average Bonchev–Trinajstić information content (AvgIpc) is 3.29. The first-order valence-corrected chi connectivity index (χ1v) is 9.44. The zero-order chi connectivity index (χ0) is 16.9. The van der Waals surface area contributed by atoms with E-state index in [0.29, 0.717) is 6.04 Å². The number of benzene rings is 1. The van der Waals surface area contributed by atoms with Crippen molar-refractivity contribution in [2.45, 2.75) is 44.6 Å². The fraction of sp³-hybridized carbons (Fsp3) is 0.650. The minimum atomic E-state index is 0.250. The lowest BCUT2D eigenvalue weighted by Crippen LogP contribution is -2.38. The van der Waals surface area contributed by atoms with Crippen molar-refractivity contribution in [1.82, 2.24) is 10.2 Å². The van der Waals surface area contributed by atoms with E-state index in [1.165, 1.54) is 36.9 Å². The van der Waals surface area contributed by atoms with Gasteiger partial charge in [0.05, 0.1) is 6.04 Å². The van der Waals surface area contributed by atoms with Gasteiger partial charge in [0.15, 0.2) is 0 Å². The van der Waals surface area contributed by atoms with Crippen molar-refractivity contribution in [2.24, 2.45) is 5.92 Å². The van der Waals surface area contributed by atoms with Gasteiger partial charge >= 0.3 is 0 Å². The summed E-state index contributed by atoms with van der Waals surface area (Å²) in [6.45, 7) is 3.01. The van der Waals surface area contributed by atoms with Crippen LogP contribution < -0.4 is 10.2 Å². The van der Waals surface area contributed by atoms with Gasteiger partial charge in [-0.25, -0.2) is 0 Å². The highest BCUT2D eigenvalue weighted by Gasteiger charge is 2.27.